The SMILES string of the molecule is CC(=O)Nc1cc2c(cc1Cl)-c1ccc(Cl)cc1C2. The molecular formula is C15H11Cl2NO. The molecular weight excluding hydrogens is 281 g/mol. The molecule has 0 unspecified atom stereocenters. The highest BCUT2D eigenvalue weighted by Crippen LogP contribution is 2.41. The van der Waals surface area contributed by atoms with Crippen molar-refractivity contribution in [1.82, 2.24) is 0 Å². The van der Waals surface area contributed by atoms with Crippen LogP contribution in [0, 0.1) is 0 Å². The minimum absolute atomic E-state index is 0.125. The van der Waals surface area contributed by atoms with Gasteiger partial charge in [0.2, 0.25) is 5.91 Å². The van der Waals surface area contributed by atoms with Crippen molar-refractivity contribution in [3.63, 3.8) is 0 Å². The Morgan fingerprint density at radius 1 is 1.11 bits per heavy atom. The van der Waals surface area contributed by atoms with Gasteiger partial charge in [-0.2, -0.15) is 0 Å². The largest absolute Gasteiger partial charge is 0.325 e. The number of benzene rings is 2. The topological polar surface area (TPSA) is 29.1 Å². The molecule has 0 atom stereocenters. The first kappa shape index (κ1) is 12.5. The van der Waals surface area contributed by atoms with E-state index >= 15 is 0 Å². The molecule has 96 valence electrons. The lowest BCUT2D eigenvalue weighted by molar-refractivity contribution is -0.114. The maximum Gasteiger partial charge on any atom is 0.221 e. The maximum atomic E-state index is 11.1. The molecule has 0 radical (unpaired) electrons. The van der Waals surface area contributed by atoms with Gasteiger partial charge in [0.05, 0.1) is 10.7 Å². The van der Waals surface area contributed by atoms with Gasteiger partial charge in [-0.25, -0.2) is 0 Å². The molecule has 0 aliphatic heterocycles. The molecule has 0 bridgehead atoms. The first-order valence-corrected chi connectivity index (χ1v) is 6.69. The van der Waals surface area contributed by atoms with Crippen LogP contribution in [0.4, 0.5) is 5.69 Å². The number of carbonyl (C=O) groups excluding carboxylic acids is 1. The summed E-state index contributed by atoms with van der Waals surface area (Å²) < 4.78 is 0. The molecule has 0 spiro atoms. The van der Waals surface area contributed by atoms with Crippen LogP contribution in [0.3, 0.4) is 0 Å². The zero-order valence-corrected chi connectivity index (χ0v) is 11.8. The van der Waals surface area contributed by atoms with Gasteiger partial charge in [-0.15, -0.1) is 0 Å². The van der Waals surface area contributed by atoms with Crippen LogP contribution in [-0.2, 0) is 11.2 Å². The van der Waals surface area contributed by atoms with Crippen molar-refractivity contribution in [2.75, 3.05) is 5.32 Å². The number of halogens is 2. The lowest BCUT2D eigenvalue weighted by Gasteiger charge is -2.08. The molecule has 0 heterocycles. The third kappa shape index (κ3) is 2.22. The Balaban J connectivity index is 2.10. The Bertz CT molecular complexity index is 695. The van der Waals surface area contributed by atoms with Crippen LogP contribution in [0.25, 0.3) is 11.1 Å². The molecule has 1 amide bonds. The molecule has 4 heteroatoms. The van der Waals surface area contributed by atoms with Gasteiger partial charge in [0, 0.05) is 11.9 Å². The van der Waals surface area contributed by atoms with Gasteiger partial charge < -0.3 is 5.32 Å². The fraction of sp³-hybridized carbons (Fsp3) is 0.133. The fourth-order valence-corrected chi connectivity index (χ4v) is 2.88. The van der Waals surface area contributed by atoms with Gasteiger partial charge in [-0.05, 0) is 52.9 Å². The summed E-state index contributed by atoms with van der Waals surface area (Å²) in [7, 11) is 0. The molecule has 0 fully saturated rings. The van der Waals surface area contributed by atoms with Crippen LogP contribution in [-0.4, -0.2) is 5.91 Å². The Kier molecular flexibility index (Phi) is 3.00. The van der Waals surface area contributed by atoms with E-state index in [4.69, 9.17) is 23.2 Å². The van der Waals surface area contributed by atoms with Gasteiger partial charge in [0.15, 0.2) is 0 Å². The first-order valence-electron chi connectivity index (χ1n) is 5.93. The van der Waals surface area contributed by atoms with Crippen molar-refractivity contribution < 1.29 is 4.79 Å². The van der Waals surface area contributed by atoms with Gasteiger partial charge in [-0.1, -0.05) is 29.3 Å². The molecule has 1 N–H and O–H groups in total. The highest BCUT2D eigenvalue weighted by molar-refractivity contribution is 6.34. The molecule has 2 aromatic carbocycles. The van der Waals surface area contributed by atoms with E-state index in [-0.39, 0.29) is 5.91 Å². The summed E-state index contributed by atoms with van der Waals surface area (Å²) in [5, 5.41) is 4.03. The summed E-state index contributed by atoms with van der Waals surface area (Å²) in [4.78, 5) is 11.1. The molecule has 0 saturated carbocycles. The summed E-state index contributed by atoms with van der Waals surface area (Å²) >= 11 is 12.2. The molecule has 3 rings (SSSR count). The predicted octanol–water partition coefficient (Wildman–Crippen LogP) is 4.52. The summed E-state index contributed by atoms with van der Waals surface area (Å²) in [6, 6.07) is 9.71. The van der Waals surface area contributed by atoms with Crippen molar-refractivity contribution in [3.05, 3.63) is 51.5 Å². The van der Waals surface area contributed by atoms with Crippen LogP contribution >= 0.6 is 23.2 Å². The number of carbonyl (C=O) groups is 1. The van der Waals surface area contributed by atoms with Crippen LogP contribution in [0.1, 0.15) is 18.1 Å². The average Bonchev–Trinajstić information content (AvgIpc) is 2.65. The fourth-order valence-electron chi connectivity index (χ4n) is 2.48. The molecule has 2 aromatic rings. The third-order valence-electron chi connectivity index (χ3n) is 3.24. The Morgan fingerprint density at radius 3 is 2.58 bits per heavy atom. The molecule has 19 heavy (non-hydrogen) atoms. The van der Waals surface area contributed by atoms with Crippen LogP contribution in [0.5, 0.6) is 0 Å². The number of rotatable bonds is 1. The second kappa shape index (κ2) is 4.55. The standard InChI is InChI=1S/C15H11Cl2NO/c1-8(19)18-15-6-10-4-9-5-11(16)2-3-12(9)13(10)7-14(15)17/h2-3,5-7H,4H2,1H3,(H,18,19). The van der Waals surface area contributed by atoms with Crippen molar-refractivity contribution in [2.24, 2.45) is 0 Å². The molecule has 2 nitrogen and oxygen atoms in total. The zero-order valence-electron chi connectivity index (χ0n) is 10.3. The van der Waals surface area contributed by atoms with E-state index in [9.17, 15) is 4.79 Å². The third-order valence-corrected chi connectivity index (χ3v) is 3.79. The van der Waals surface area contributed by atoms with E-state index in [2.05, 4.69) is 5.32 Å². The second-order valence-corrected chi connectivity index (χ2v) is 5.49. The van der Waals surface area contributed by atoms with Gasteiger partial charge in [0.1, 0.15) is 0 Å². The van der Waals surface area contributed by atoms with E-state index in [1.807, 2.05) is 30.3 Å². The average molecular weight is 292 g/mol. The quantitative estimate of drug-likeness (QED) is 0.701. The monoisotopic (exact) mass is 291 g/mol. The lowest BCUT2D eigenvalue weighted by atomic mass is 10.1. The molecule has 0 saturated heterocycles. The lowest BCUT2D eigenvalue weighted by Crippen LogP contribution is -2.06. The highest BCUT2D eigenvalue weighted by Gasteiger charge is 2.20. The summed E-state index contributed by atoms with van der Waals surface area (Å²) in [6.45, 7) is 1.47. The summed E-state index contributed by atoms with van der Waals surface area (Å²) in [5.74, 6) is -0.125. The maximum absolute atomic E-state index is 11.1. The van der Waals surface area contributed by atoms with Crippen LogP contribution in [0.15, 0.2) is 30.3 Å². The van der Waals surface area contributed by atoms with Gasteiger partial charge in [-0.3, -0.25) is 4.79 Å². The van der Waals surface area contributed by atoms with E-state index in [1.54, 1.807) is 0 Å². The number of hydrogen-bond acceptors (Lipinski definition) is 1. The van der Waals surface area contributed by atoms with Crippen LogP contribution in [0.2, 0.25) is 10.0 Å². The van der Waals surface area contributed by atoms with Crippen molar-refractivity contribution in [3.8, 4) is 11.1 Å². The second-order valence-electron chi connectivity index (χ2n) is 4.65. The number of nitrogens with one attached hydrogen (secondary N) is 1. The van der Waals surface area contributed by atoms with Gasteiger partial charge >= 0.3 is 0 Å². The van der Waals surface area contributed by atoms with Crippen molar-refractivity contribution >= 4 is 34.8 Å². The predicted molar refractivity (Wildman–Crippen MR) is 79.0 cm³/mol. The minimum atomic E-state index is -0.125. The number of amides is 1. The highest BCUT2D eigenvalue weighted by atomic mass is 35.5. The molecule has 1 aliphatic rings. The smallest absolute Gasteiger partial charge is 0.221 e. The van der Waals surface area contributed by atoms with E-state index in [0.717, 1.165) is 28.1 Å². The Morgan fingerprint density at radius 2 is 1.84 bits per heavy atom. The zero-order chi connectivity index (χ0) is 13.6. The van der Waals surface area contributed by atoms with Crippen molar-refractivity contribution in [2.45, 2.75) is 13.3 Å². The van der Waals surface area contributed by atoms with Gasteiger partial charge in [0.25, 0.3) is 0 Å². The number of anilines is 1. The Labute approximate surface area is 121 Å². The first-order chi connectivity index (χ1) is 9.04. The Hall–Kier alpha value is -1.51. The molecule has 1 aliphatic carbocycles. The van der Waals surface area contributed by atoms with Crippen LogP contribution < -0.4 is 5.32 Å². The minimum Gasteiger partial charge on any atom is -0.325 e. The summed E-state index contributed by atoms with van der Waals surface area (Å²) in [5.41, 5.74) is 5.29. The number of fused-ring (bicyclic) bond motifs is 3. The van der Waals surface area contributed by atoms with E-state index in [1.165, 1.54) is 12.5 Å². The van der Waals surface area contributed by atoms with E-state index in [0.29, 0.717) is 10.7 Å². The normalized spacial score (nSPS) is 11.9. The van der Waals surface area contributed by atoms with Crippen molar-refractivity contribution in [1.29, 1.82) is 0 Å². The summed E-state index contributed by atoms with van der Waals surface area (Å²) in [6.07, 6.45) is 0.814. The number of hydrogen-bond donors (Lipinski definition) is 1. The molecule has 0 aromatic heterocycles. The van der Waals surface area contributed by atoms with E-state index < -0.39 is 0 Å².